The zero-order chi connectivity index (χ0) is 15.6. The summed E-state index contributed by atoms with van der Waals surface area (Å²) in [5.41, 5.74) is 5.69. The van der Waals surface area contributed by atoms with Crippen molar-refractivity contribution in [1.29, 1.82) is 0 Å². The molecule has 0 aliphatic heterocycles. The number of hydrogen-bond donors (Lipinski definition) is 2. The number of ether oxygens (including phenoxy) is 1. The van der Waals surface area contributed by atoms with Gasteiger partial charge in [0.05, 0.1) is 23.0 Å². The van der Waals surface area contributed by atoms with E-state index in [1.54, 1.807) is 12.1 Å². The molecule has 0 aromatic heterocycles. The Morgan fingerprint density at radius 3 is 2.57 bits per heavy atom. The molecule has 0 aliphatic rings. The van der Waals surface area contributed by atoms with Crippen LogP contribution < -0.4 is 15.2 Å². The Hall–Kier alpha value is -1.80. The largest absolute Gasteiger partial charge is 0.495 e. The van der Waals surface area contributed by atoms with Crippen molar-refractivity contribution >= 4 is 37.3 Å². The highest BCUT2D eigenvalue weighted by Crippen LogP contribution is 2.29. The first kappa shape index (κ1) is 15.6. The second kappa shape index (κ2) is 5.90. The summed E-state index contributed by atoms with van der Waals surface area (Å²) in [5, 5.41) is 0. The van der Waals surface area contributed by atoms with Gasteiger partial charge >= 0.3 is 0 Å². The summed E-state index contributed by atoms with van der Waals surface area (Å²) in [5.74, 6) is -0.126. The van der Waals surface area contributed by atoms with E-state index in [1.807, 2.05) is 0 Å². The molecule has 0 aliphatic carbocycles. The fourth-order valence-electron chi connectivity index (χ4n) is 1.70. The molecule has 0 saturated heterocycles. The first-order chi connectivity index (χ1) is 9.83. The Balaban J connectivity index is 2.37. The number of benzene rings is 2. The second-order valence-electron chi connectivity index (χ2n) is 4.14. The van der Waals surface area contributed by atoms with Crippen LogP contribution in [0.4, 0.5) is 15.8 Å². The molecular weight excluding hydrogens is 363 g/mol. The van der Waals surface area contributed by atoms with Crippen molar-refractivity contribution < 1.29 is 17.5 Å². The lowest BCUT2D eigenvalue weighted by atomic mass is 10.3. The van der Waals surface area contributed by atoms with Crippen LogP contribution >= 0.6 is 15.9 Å². The van der Waals surface area contributed by atoms with Crippen LogP contribution in [0.2, 0.25) is 0 Å². The van der Waals surface area contributed by atoms with E-state index in [1.165, 1.54) is 13.2 Å². The molecule has 2 rings (SSSR count). The van der Waals surface area contributed by atoms with Gasteiger partial charge in [-0.15, -0.1) is 0 Å². The smallest absolute Gasteiger partial charge is 0.263 e. The molecule has 5 nitrogen and oxygen atoms in total. The zero-order valence-electron chi connectivity index (χ0n) is 10.9. The molecule has 0 bridgehead atoms. The van der Waals surface area contributed by atoms with E-state index < -0.39 is 15.8 Å². The van der Waals surface area contributed by atoms with Gasteiger partial charge in [-0.1, -0.05) is 0 Å². The lowest BCUT2D eigenvalue weighted by molar-refractivity contribution is 0.412. The molecule has 0 radical (unpaired) electrons. The van der Waals surface area contributed by atoms with Crippen molar-refractivity contribution in [2.24, 2.45) is 0 Å². The van der Waals surface area contributed by atoms with Crippen LogP contribution in [-0.2, 0) is 10.0 Å². The lowest BCUT2D eigenvalue weighted by Crippen LogP contribution is -2.15. The van der Waals surface area contributed by atoms with Gasteiger partial charge in [0.25, 0.3) is 10.0 Å². The molecule has 2 aromatic rings. The van der Waals surface area contributed by atoms with Crippen molar-refractivity contribution in [2.75, 3.05) is 17.6 Å². The Bertz CT molecular complexity index is 781. The van der Waals surface area contributed by atoms with E-state index in [2.05, 4.69) is 20.7 Å². The van der Waals surface area contributed by atoms with Crippen molar-refractivity contribution in [2.45, 2.75) is 4.90 Å². The second-order valence-corrected chi connectivity index (χ2v) is 6.64. The number of halogens is 2. The molecule has 0 heterocycles. The van der Waals surface area contributed by atoms with Gasteiger partial charge in [0, 0.05) is 6.07 Å². The first-order valence-electron chi connectivity index (χ1n) is 5.75. The van der Waals surface area contributed by atoms with E-state index >= 15 is 0 Å². The first-order valence-corrected chi connectivity index (χ1v) is 8.02. The third kappa shape index (κ3) is 3.45. The van der Waals surface area contributed by atoms with E-state index in [0.29, 0.717) is 15.9 Å². The number of nitrogens with two attached hydrogens (primary N) is 1. The van der Waals surface area contributed by atoms with Crippen molar-refractivity contribution in [1.82, 2.24) is 0 Å². The normalized spacial score (nSPS) is 11.2. The van der Waals surface area contributed by atoms with Gasteiger partial charge in [0.1, 0.15) is 16.5 Å². The quantitative estimate of drug-likeness (QED) is 0.806. The van der Waals surface area contributed by atoms with Crippen molar-refractivity contribution in [3.05, 3.63) is 46.7 Å². The van der Waals surface area contributed by atoms with Crippen LogP contribution in [0, 0.1) is 5.82 Å². The third-order valence-corrected chi connectivity index (χ3v) is 4.78. The minimum absolute atomic E-state index is 0.161. The Labute approximate surface area is 130 Å². The molecule has 21 heavy (non-hydrogen) atoms. The number of hydrogen-bond acceptors (Lipinski definition) is 4. The molecular formula is C13H12BrFN2O3S. The van der Waals surface area contributed by atoms with Crippen LogP contribution in [0.3, 0.4) is 0 Å². The maximum atomic E-state index is 13.0. The highest BCUT2D eigenvalue weighted by atomic mass is 79.9. The van der Waals surface area contributed by atoms with Gasteiger partial charge in [-0.3, -0.25) is 4.72 Å². The summed E-state index contributed by atoms with van der Waals surface area (Å²) >= 11 is 3.27. The molecule has 8 heteroatoms. The Kier molecular flexibility index (Phi) is 4.38. The molecule has 0 spiro atoms. The molecule has 2 aromatic carbocycles. The van der Waals surface area contributed by atoms with Crippen LogP contribution in [0.5, 0.6) is 5.75 Å². The van der Waals surface area contributed by atoms with E-state index in [4.69, 9.17) is 10.5 Å². The lowest BCUT2D eigenvalue weighted by Gasteiger charge is -2.11. The van der Waals surface area contributed by atoms with Crippen LogP contribution in [0.15, 0.2) is 45.8 Å². The maximum Gasteiger partial charge on any atom is 0.263 e. The minimum Gasteiger partial charge on any atom is -0.495 e. The Morgan fingerprint density at radius 1 is 1.24 bits per heavy atom. The minimum atomic E-state index is -3.91. The average molecular weight is 375 g/mol. The number of nitrogen functional groups attached to an aromatic ring is 1. The van der Waals surface area contributed by atoms with Crippen molar-refractivity contribution in [3.8, 4) is 5.75 Å². The van der Waals surface area contributed by atoms with E-state index in [0.717, 1.165) is 18.2 Å². The summed E-state index contributed by atoms with van der Waals surface area (Å²) in [4.78, 5) is -0.189. The fourth-order valence-corrected chi connectivity index (χ4v) is 3.27. The number of anilines is 2. The highest BCUT2D eigenvalue weighted by molar-refractivity contribution is 9.10. The summed E-state index contributed by atoms with van der Waals surface area (Å²) in [6.07, 6.45) is 0. The number of methoxy groups -OCH3 is 1. The monoisotopic (exact) mass is 374 g/mol. The number of rotatable bonds is 4. The predicted molar refractivity (Wildman–Crippen MR) is 82.3 cm³/mol. The molecule has 0 saturated carbocycles. The summed E-state index contributed by atoms with van der Waals surface area (Å²) in [6.45, 7) is 0. The highest BCUT2D eigenvalue weighted by Gasteiger charge is 2.18. The number of nitrogens with one attached hydrogen (secondary N) is 1. The van der Waals surface area contributed by atoms with Crippen LogP contribution in [0.1, 0.15) is 0 Å². The van der Waals surface area contributed by atoms with Gasteiger partial charge < -0.3 is 10.5 Å². The van der Waals surface area contributed by atoms with Gasteiger partial charge in [0.2, 0.25) is 0 Å². The fraction of sp³-hybridized carbons (Fsp3) is 0.0769. The molecule has 0 amide bonds. The van der Waals surface area contributed by atoms with Crippen molar-refractivity contribution in [3.63, 3.8) is 0 Å². The molecule has 0 atom stereocenters. The topological polar surface area (TPSA) is 81.4 Å². The molecule has 0 unspecified atom stereocenters. The summed E-state index contributed by atoms with van der Waals surface area (Å²) < 4.78 is 45.6. The van der Waals surface area contributed by atoms with Crippen LogP contribution in [0.25, 0.3) is 0 Å². The average Bonchev–Trinajstić information content (AvgIpc) is 2.40. The van der Waals surface area contributed by atoms with E-state index in [-0.39, 0.29) is 10.6 Å². The van der Waals surface area contributed by atoms with E-state index in [9.17, 15) is 12.8 Å². The summed E-state index contributed by atoms with van der Waals surface area (Å²) in [7, 11) is -2.44. The molecule has 0 fully saturated rings. The molecule has 3 N–H and O–H groups in total. The number of sulfonamides is 1. The zero-order valence-corrected chi connectivity index (χ0v) is 13.3. The predicted octanol–water partition coefficient (Wildman–Crippen LogP) is 2.98. The van der Waals surface area contributed by atoms with Gasteiger partial charge in [-0.25, -0.2) is 12.8 Å². The standard InChI is InChI=1S/C13H12BrFN2O3S/c1-20-12-7-9(3-4-10(12)14)17-21(18,19)13-5-2-8(15)6-11(13)16/h2-7,17H,16H2,1H3. The SMILES string of the molecule is COc1cc(NS(=O)(=O)c2ccc(F)cc2N)ccc1Br. The van der Waals surface area contributed by atoms with Gasteiger partial charge in [-0.05, 0) is 46.3 Å². The third-order valence-electron chi connectivity index (χ3n) is 2.66. The maximum absolute atomic E-state index is 13.0. The van der Waals surface area contributed by atoms with Gasteiger partial charge in [-0.2, -0.15) is 0 Å². The van der Waals surface area contributed by atoms with Crippen LogP contribution in [-0.4, -0.2) is 15.5 Å². The Morgan fingerprint density at radius 2 is 1.95 bits per heavy atom. The summed E-state index contributed by atoms with van der Waals surface area (Å²) in [6, 6.07) is 7.82. The molecule has 112 valence electrons. The van der Waals surface area contributed by atoms with Gasteiger partial charge in [0.15, 0.2) is 0 Å².